The van der Waals surface area contributed by atoms with Crippen molar-refractivity contribution in [3.63, 3.8) is 0 Å². The summed E-state index contributed by atoms with van der Waals surface area (Å²) in [7, 11) is 1.71. The van der Waals surface area contributed by atoms with E-state index >= 15 is 0 Å². The highest BCUT2D eigenvalue weighted by molar-refractivity contribution is 5.80. The molecule has 3 aromatic rings. The van der Waals surface area contributed by atoms with E-state index in [4.69, 9.17) is 9.47 Å². The van der Waals surface area contributed by atoms with E-state index in [1.54, 1.807) is 7.11 Å². The first kappa shape index (κ1) is 24.7. The number of hydrogen-bond acceptors (Lipinski definition) is 7. The standard InChI is InChI=1S/C29H36N6O3/c1-37-28-10-6-5-9-27(28)32-13-15-33(16-14-32)29(36)26-20-34-12-11-22(26)17-24(34)19-35-18-23(30-31-35)21-38-25-7-3-2-4-8-25/h2-10,18,22,24,26H,11-17,19-21H2,1H3. The molecule has 0 saturated carbocycles. The number of rotatable bonds is 8. The number of carbonyl (C=O) groups is 1. The van der Waals surface area contributed by atoms with Crippen molar-refractivity contribution in [2.24, 2.45) is 11.8 Å². The zero-order chi connectivity index (χ0) is 25.9. The van der Waals surface area contributed by atoms with Crippen LogP contribution in [0.25, 0.3) is 0 Å². The Hall–Kier alpha value is -3.59. The van der Waals surface area contributed by atoms with Crippen molar-refractivity contribution >= 4 is 11.6 Å². The Morgan fingerprint density at radius 3 is 2.55 bits per heavy atom. The summed E-state index contributed by atoms with van der Waals surface area (Å²) >= 11 is 0. The summed E-state index contributed by atoms with van der Waals surface area (Å²) in [5.41, 5.74) is 1.93. The van der Waals surface area contributed by atoms with Gasteiger partial charge < -0.3 is 19.3 Å². The topological polar surface area (TPSA) is 76.0 Å². The number of benzene rings is 2. The molecule has 4 saturated heterocycles. The molecule has 4 aliphatic rings. The van der Waals surface area contributed by atoms with Crippen LogP contribution in [0.15, 0.2) is 60.8 Å². The summed E-state index contributed by atoms with van der Waals surface area (Å²) in [6.07, 6.45) is 4.12. The molecule has 0 aliphatic carbocycles. The van der Waals surface area contributed by atoms with Gasteiger partial charge in [-0.3, -0.25) is 14.4 Å². The van der Waals surface area contributed by atoms with Crippen LogP contribution in [0.1, 0.15) is 18.5 Å². The molecule has 2 aromatic carbocycles. The fraction of sp³-hybridized carbons (Fsp3) is 0.483. The minimum Gasteiger partial charge on any atom is -0.495 e. The Morgan fingerprint density at radius 2 is 1.79 bits per heavy atom. The van der Waals surface area contributed by atoms with Crippen molar-refractivity contribution in [2.45, 2.75) is 32.0 Å². The Kier molecular flexibility index (Phi) is 7.18. The van der Waals surface area contributed by atoms with Gasteiger partial charge in [0.2, 0.25) is 5.91 Å². The summed E-state index contributed by atoms with van der Waals surface area (Å²) in [6.45, 7) is 6.29. The maximum atomic E-state index is 13.6. The first-order chi connectivity index (χ1) is 18.7. The van der Waals surface area contributed by atoms with Crippen molar-refractivity contribution in [1.29, 1.82) is 0 Å². The van der Waals surface area contributed by atoms with Crippen LogP contribution in [0.3, 0.4) is 0 Å². The summed E-state index contributed by atoms with van der Waals surface area (Å²) in [5, 5.41) is 8.65. The van der Waals surface area contributed by atoms with Crippen LogP contribution in [-0.2, 0) is 17.9 Å². The largest absolute Gasteiger partial charge is 0.495 e. The number of nitrogens with zero attached hydrogens (tertiary/aromatic N) is 6. The highest BCUT2D eigenvalue weighted by Crippen LogP contribution is 2.38. The van der Waals surface area contributed by atoms with Crippen molar-refractivity contribution in [3.8, 4) is 11.5 Å². The van der Waals surface area contributed by atoms with Gasteiger partial charge >= 0.3 is 0 Å². The zero-order valence-electron chi connectivity index (χ0n) is 22.0. The third kappa shape index (κ3) is 5.20. The lowest BCUT2D eigenvalue weighted by atomic mass is 9.75. The van der Waals surface area contributed by atoms with Crippen LogP contribution in [0.5, 0.6) is 11.5 Å². The molecule has 0 spiro atoms. The second kappa shape index (κ2) is 11.0. The molecule has 7 rings (SSSR count). The van der Waals surface area contributed by atoms with Gasteiger partial charge in [-0.2, -0.15) is 0 Å². The van der Waals surface area contributed by atoms with Crippen molar-refractivity contribution in [3.05, 3.63) is 66.5 Å². The predicted molar refractivity (Wildman–Crippen MR) is 144 cm³/mol. The second-order valence-corrected chi connectivity index (χ2v) is 10.6. The van der Waals surface area contributed by atoms with Crippen molar-refractivity contribution < 1.29 is 14.3 Å². The normalized spacial score (nSPS) is 24.9. The average Bonchev–Trinajstić information content (AvgIpc) is 3.44. The first-order valence-corrected chi connectivity index (χ1v) is 13.7. The molecular formula is C29H36N6O3. The maximum absolute atomic E-state index is 13.6. The van der Waals surface area contributed by atoms with Crippen LogP contribution in [0, 0.1) is 11.8 Å². The molecule has 1 amide bonds. The van der Waals surface area contributed by atoms with Crippen molar-refractivity contribution in [2.75, 3.05) is 51.3 Å². The van der Waals surface area contributed by atoms with Gasteiger partial charge in [0.05, 0.1) is 31.5 Å². The van der Waals surface area contributed by atoms with E-state index in [0.717, 1.165) is 81.5 Å². The number of ether oxygens (including phenoxy) is 2. The van der Waals surface area contributed by atoms with Gasteiger partial charge in [-0.1, -0.05) is 35.5 Å². The fourth-order valence-corrected chi connectivity index (χ4v) is 6.28. The first-order valence-electron chi connectivity index (χ1n) is 13.7. The second-order valence-electron chi connectivity index (χ2n) is 10.6. The number of amides is 1. The number of anilines is 1. The van der Waals surface area contributed by atoms with Crippen LogP contribution >= 0.6 is 0 Å². The van der Waals surface area contributed by atoms with E-state index in [9.17, 15) is 4.79 Å². The van der Waals surface area contributed by atoms with Gasteiger partial charge in [-0.25, -0.2) is 0 Å². The third-order valence-electron chi connectivity index (χ3n) is 8.33. The van der Waals surface area contributed by atoms with E-state index in [0.29, 0.717) is 24.5 Å². The SMILES string of the molecule is COc1ccccc1N1CCN(C(=O)C2CN3CCC2CC3Cn2cc(COc3ccccc3)nn2)CC1. The maximum Gasteiger partial charge on any atom is 0.227 e. The van der Waals surface area contributed by atoms with E-state index in [-0.39, 0.29) is 5.92 Å². The number of fused-ring (bicyclic) bond motifs is 3. The van der Waals surface area contributed by atoms with E-state index in [1.165, 1.54) is 0 Å². The Balaban J connectivity index is 1.01. The number of carbonyl (C=O) groups excluding carboxylic acids is 1. The van der Waals surface area contributed by atoms with Crippen LogP contribution in [-0.4, -0.2) is 83.1 Å². The van der Waals surface area contributed by atoms with Gasteiger partial charge in [0.15, 0.2) is 0 Å². The molecule has 4 unspecified atom stereocenters. The third-order valence-corrected chi connectivity index (χ3v) is 8.33. The van der Waals surface area contributed by atoms with Gasteiger partial charge in [-0.05, 0) is 49.6 Å². The minimum atomic E-state index is 0.100. The van der Waals surface area contributed by atoms with Crippen molar-refractivity contribution in [1.82, 2.24) is 24.8 Å². The van der Waals surface area contributed by atoms with Crippen LogP contribution in [0.2, 0.25) is 0 Å². The number of hydrogen-bond donors (Lipinski definition) is 0. The number of piperazine rings is 1. The smallest absolute Gasteiger partial charge is 0.227 e. The molecule has 1 aromatic heterocycles. The Labute approximate surface area is 223 Å². The lowest BCUT2D eigenvalue weighted by Gasteiger charge is -2.50. The molecule has 9 nitrogen and oxygen atoms in total. The average molecular weight is 517 g/mol. The van der Waals surface area contributed by atoms with Gasteiger partial charge in [0.1, 0.15) is 23.8 Å². The molecule has 4 fully saturated rings. The molecule has 4 atom stereocenters. The number of methoxy groups -OCH3 is 1. The van der Waals surface area contributed by atoms with E-state index in [2.05, 4.69) is 31.1 Å². The molecule has 0 N–H and O–H groups in total. The predicted octanol–water partition coefficient (Wildman–Crippen LogP) is 2.92. The van der Waals surface area contributed by atoms with Gasteiger partial charge in [0.25, 0.3) is 0 Å². The van der Waals surface area contributed by atoms with Crippen LogP contribution < -0.4 is 14.4 Å². The summed E-state index contributed by atoms with van der Waals surface area (Å²) < 4.78 is 13.3. The molecule has 9 heteroatoms. The minimum absolute atomic E-state index is 0.100. The molecule has 2 bridgehead atoms. The number of para-hydroxylation sites is 3. The Morgan fingerprint density at radius 1 is 1.00 bits per heavy atom. The number of piperidine rings is 3. The van der Waals surface area contributed by atoms with Gasteiger partial charge in [-0.15, -0.1) is 5.10 Å². The summed E-state index contributed by atoms with van der Waals surface area (Å²) in [5.74, 6) is 2.59. The lowest BCUT2D eigenvalue weighted by Crippen LogP contribution is -2.60. The fourth-order valence-electron chi connectivity index (χ4n) is 6.28. The van der Waals surface area contributed by atoms with E-state index in [1.807, 2.05) is 59.4 Å². The summed E-state index contributed by atoms with van der Waals surface area (Å²) in [4.78, 5) is 20.5. The monoisotopic (exact) mass is 516 g/mol. The van der Waals surface area contributed by atoms with E-state index < -0.39 is 0 Å². The highest BCUT2D eigenvalue weighted by Gasteiger charge is 2.44. The Bertz CT molecular complexity index is 1230. The molecule has 200 valence electrons. The van der Waals surface area contributed by atoms with Gasteiger partial charge in [0, 0.05) is 38.8 Å². The molecule has 5 heterocycles. The molecular weight excluding hydrogens is 480 g/mol. The summed E-state index contributed by atoms with van der Waals surface area (Å²) in [6, 6.07) is 18.3. The molecule has 4 aliphatic heterocycles. The highest BCUT2D eigenvalue weighted by atomic mass is 16.5. The molecule has 38 heavy (non-hydrogen) atoms. The lowest BCUT2D eigenvalue weighted by molar-refractivity contribution is -0.144. The number of aromatic nitrogens is 3. The van der Waals surface area contributed by atoms with Crippen LogP contribution in [0.4, 0.5) is 5.69 Å². The zero-order valence-corrected chi connectivity index (χ0v) is 22.0. The molecule has 0 radical (unpaired) electrons. The quantitative estimate of drug-likeness (QED) is 0.456.